The summed E-state index contributed by atoms with van der Waals surface area (Å²) in [5, 5.41) is 2.68. The number of nitrogens with zero attached hydrogens (tertiary/aromatic N) is 1. The maximum absolute atomic E-state index is 10.8. The van der Waals surface area contributed by atoms with Crippen molar-refractivity contribution in [3.8, 4) is 0 Å². The number of alkyl carbamates (subject to hydrolysis) is 1. The van der Waals surface area contributed by atoms with Crippen molar-refractivity contribution in [3.63, 3.8) is 0 Å². The Labute approximate surface area is 71.9 Å². The van der Waals surface area contributed by atoms with Gasteiger partial charge < -0.3 is 10.1 Å². The maximum Gasteiger partial charge on any atom is 0.407 e. The second kappa shape index (κ2) is 2.94. The van der Waals surface area contributed by atoms with E-state index in [0.717, 1.165) is 13.0 Å². The number of nitrogens with one attached hydrogen (secondary N) is 1. The predicted molar refractivity (Wildman–Crippen MR) is 43.9 cm³/mol. The third kappa shape index (κ3) is 1.27. The van der Waals surface area contributed by atoms with Crippen LogP contribution in [-0.2, 0) is 4.74 Å². The maximum atomic E-state index is 10.8. The Hall–Kier alpha value is -0.770. The number of likely N-dealkylation sites (N-methyl/N-ethyl adjacent to an activating group) is 1. The third-order valence-corrected chi connectivity index (χ3v) is 2.71. The molecule has 1 N–H and O–H groups in total. The Morgan fingerprint density at radius 3 is 3.00 bits per heavy atom. The highest BCUT2D eigenvalue weighted by molar-refractivity contribution is 5.69. The Morgan fingerprint density at radius 2 is 2.50 bits per heavy atom. The van der Waals surface area contributed by atoms with E-state index in [1.54, 1.807) is 0 Å². The molecule has 0 bridgehead atoms. The molecule has 0 aromatic carbocycles. The molecule has 0 spiro atoms. The van der Waals surface area contributed by atoms with E-state index in [1.165, 1.54) is 6.42 Å². The predicted octanol–water partition coefficient (Wildman–Crippen LogP) is 0.189. The van der Waals surface area contributed by atoms with Crippen molar-refractivity contribution in [1.82, 2.24) is 10.2 Å². The van der Waals surface area contributed by atoms with Crippen LogP contribution in [0, 0.1) is 0 Å². The lowest BCUT2D eigenvalue weighted by molar-refractivity contribution is 0.0893. The number of ether oxygens (including phenoxy) is 1. The van der Waals surface area contributed by atoms with Crippen LogP contribution in [0.4, 0.5) is 4.79 Å². The summed E-state index contributed by atoms with van der Waals surface area (Å²) in [6.07, 6.45) is 2.18. The lowest BCUT2D eigenvalue weighted by atomic mass is 10.1. The summed E-state index contributed by atoms with van der Waals surface area (Å²) in [6, 6.07) is 0.434. The summed E-state index contributed by atoms with van der Waals surface area (Å²) in [6.45, 7) is 1.80. The first-order valence-electron chi connectivity index (χ1n) is 4.42. The van der Waals surface area contributed by atoms with Crippen molar-refractivity contribution in [3.05, 3.63) is 0 Å². The van der Waals surface area contributed by atoms with E-state index in [0.29, 0.717) is 12.6 Å². The fourth-order valence-corrected chi connectivity index (χ4v) is 2.03. The Balaban J connectivity index is 1.95. The Morgan fingerprint density at radius 1 is 1.67 bits per heavy atom. The minimum atomic E-state index is -0.264. The van der Waals surface area contributed by atoms with Crippen molar-refractivity contribution in [2.24, 2.45) is 0 Å². The highest BCUT2D eigenvalue weighted by atomic mass is 16.6. The van der Waals surface area contributed by atoms with Gasteiger partial charge >= 0.3 is 6.09 Å². The molecule has 2 fully saturated rings. The zero-order valence-corrected chi connectivity index (χ0v) is 7.25. The van der Waals surface area contributed by atoms with Crippen LogP contribution in [0.1, 0.15) is 12.8 Å². The second-order valence-corrected chi connectivity index (χ2v) is 3.51. The molecule has 0 saturated carbocycles. The van der Waals surface area contributed by atoms with Gasteiger partial charge in [-0.2, -0.15) is 0 Å². The lowest BCUT2D eigenvalue weighted by Crippen LogP contribution is -2.38. The van der Waals surface area contributed by atoms with Gasteiger partial charge in [-0.25, -0.2) is 4.79 Å². The topological polar surface area (TPSA) is 41.6 Å². The zero-order chi connectivity index (χ0) is 8.55. The summed E-state index contributed by atoms with van der Waals surface area (Å²) in [5.74, 6) is 0. The van der Waals surface area contributed by atoms with Gasteiger partial charge in [0.1, 0.15) is 6.10 Å². The largest absolute Gasteiger partial charge is 0.443 e. The van der Waals surface area contributed by atoms with E-state index >= 15 is 0 Å². The van der Waals surface area contributed by atoms with E-state index in [2.05, 4.69) is 17.3 Å². The molecule has 2 aliphatic rings. The summed E-state index contributed by atoms with van der Waals surface area (Å²) < 4.78 is 5.12. The normalized spacial score (nSPS) is 36.6. The minimum Gasteiger partial charge on any atom is -0.443 e. The van der Waals surface area contributed by atoms with Gasteiger partial charge in [0.25, 0.3) is 0 Å². The number of hydrogen-bond donors (Lipinski definition) is 1. The fourth-order valence-electron chi connectivity index (χ4n) is 2.03. The van der Waals surface area contributed by atoms with Crippen molar-refractivity contribution in [2.75, 3.05) is 20.1 Å². The van der Waals surface area contributed by atoms with Gasteiger partial charge in [0, 0.05) is 6.04 Å². The van der Waals surface area contributed by atoms with Crippen LogP contribution in [0.15, 0.2) is 0 Å². The van der Waals surface area contributed by atoms with Crippen molar-refractivity contribution >= 4 is 6.09 Å². The molecule has 68 valence electrons. The van der Waals surface area contributed by atoms with Crippen molar-refractivity contribution in [1.29, 1.82) is 0 Å². The second-order valence-electron chi connectivity index (χ2n) is 3.51. The summed E-state index contributed by atoms with van der Waals surface area (Å²) >= 11 is 0. The summed E-state index contributed by atoms with van der Waals surface area (Å²) in [5.41, 5.74) is 0. The van der Waals surface area contributed by atoms with Crippen LogP contribution >= 0.6 is 0 Å². The fraction of sp³-hybridized carbons (Fsp3) is 0.875. The number of carbonyl (C=O) groups excluding carboxylic acids is 1. The Kier molecular flexibility index (Phi) is 1.92. The number of hydrogen-bond acceptors (Lipinski definition) is 3. The number of likely N-dealkylation sites (tertiary alicyclic amines) is 1. The monoisotopic (exact) mass is 170 g/mol. The number of amides is 1. The van der Waals surface area contributed by atoms with Crippen molar-refractivity contribution < 1.29 is 9.53 Å². The standard InChI is InChI=1S/C8H14N2O2/c1-10-4-2-3-6(10)7-5-9-8(11)12-7/h6-7H,2-5H2,1H3,(H,9,11)/t6-,7+/m0/s1. The van der Waals surface area contributed by atoms with Crippen LogP contribution in [0.3, 0.4) is 0 Å². The molecule has 2 aliphatic heterocycles. The molecule has 2 rings (SSSR count). The summed E-state index contributed by atoms with van der Waals surface area (Å²) in [4.78, 5) is 13.0. The molecule has 0 unspecified atom stereocenters. The molecule has 1 amide bonds. The molecule has 4 nitrogen and oxygen atoms in total. The molecule has 0 aliphatic carbocycles. The highest BCUT2D eigenvalue weighted by Crippen LogP contribution is 2.21. The first-order valence-corrected chi connectivity index (χ1v) is 4.42. The van der Waals surface area contributed by atoms with E-state index in [-0.39, 0.29) is 12.2 Å². The van der Waals surface area contributed by atoms with Crippen LogP contribution in [0.25, 0.3) is 0 Å². The SMILES string of the molecule is CN1CCC[C@H]1[C@H]1CNC(=O)O1. The first-order chi connectivity index (χ1) is 5.77. The zero-order valence-electron chi connectivity index (χ0n) is 7.25. The van der Waals surface area contributed by atoms with Crippen molar-refractivity contribution in [2.45, 2.75) is 25.0 Å². The molecule has 12 heavy (non-hydrogen) atoms. The molecule has 4 heteroatoms. The molecule has 0 radical (unpaired) electrons. The number of rotatable bonds is 1. The molecular weight excluding hydrogens is 156 g/mol. The van der Waals surface area contributed by atoms with Gasteiger partial charge in [0.2, 0.25) is 0 Å². The number of carbonyl (C=O) groups is 1. The Bertz CT molecular complexity index is 195. The van der Waals surface area contributed by atoms with Gasteiger partial charge in [-0.1, -0.05) is 0 Å². The van der Waals surface area contributed by atoms with Gasteiger partial charge in [0.15, 0.2) is 0 Å². The highest BCUT2D eigenvalue weighted by Gasteiger charge is 2.35. The third-order valence-electron chi connectivity index (χ3n) is 2.71. The lowest BCUT2D eigenvalue weighted by Gasteiger charge is -2.23. The molecule has 2 atom stereocenters. The number of cyclic esters (lactones) is 1. The van der Waals surface area contributed by atoms with E-state index in [9.17, 15) is 4.79 Å². The first kappa shape index (κ1) is 7.86. The van der Waals surface area contributed by atoms with Crippen LogP contribution in [0.5, 0.6) is 0 Å². The van der Waals surface area contributed by atoms with E-state index < -0.39 is 0 Å². The smallest absolute Gasteiger partial charge is 0.407 e. The molecule has 2 heterocycles. The summed E-state index contributed by atoms with van der Waals surface area (Å²) in [7, 11) is 2.09. The quantitative estimate of drug-likeness (QED) is 0.610. The molecule has 0 aromatic heterocycles. The average Bonchev–Trinajstić information content (AvgIpc) is 2.58. The van der Waals surface area contributed by atoms with Gasteiger partial charge in [-0.05, 0) is 26.4 Å². The van der Waals surface area contributed by atoms with Gasteiger partial charge in [0.05, 0.1) is 6.54 Å². The van der Waals surface area contributed by atoms with Crippen LogP contribution in [0.2, 0.25) is 0 Å². The van der Waals surface area contributed by atoms with E-state index in [4.69, 9.17) is 4.74 Å². The molecule has 0 aromatic rings. The molecular formula is C8H14N2O2. The van der Waals surface area contributed by atoms with Crippen LogP contribution < -0.4 is 5.32 Å². The van der Waals surface area contributed by atoms with Gasteiger partial charge in [-0.3, -0.25) is 4.90 Å². The minimum absolute atomic E-state index is 0.0741. The van der Waals surface area contributed by atoms with Gasteiger partial charge in [-0.15, -0.1) is 0 Å². The average molecular weight is 170 g/mol. The van der Waals surface area contributed by atoms with E-state index in [1.807, 2.05) is 0 Å². The van der Waals surface area contributed by atoms with Crippen LogP contribution in [-0.4, -0.2) is 43.3 Å². The molecule has 2 saturated heterocycles.